The Kier molecular flexibility index (Phi) is 4.23. The number of nitrogens with two attached hydrogens (primary N) is 1. The molecule has 0 radical (unpaired) electrons. The standard InChI is InChI=1S/C8H18N2S2/c9-10-4-1-8(7-10,2-5-11)3-6-12/h11-12H,1-7,9H2. The van der Waals surface area contributed by atoms with Crippen LogP contribution in [0.2, 0.25) is 0 Å². The van der Waals surface area contributed by atoms with Crippen molar-refractivity contribution in [3.8, 4) is 0 Å². The topological polar surface area (TPSA) is 29.3 Å². The molecule has 2 nitrogen and oxygen atoms in total. The summed E-state index contributed by atoms with van der Waals surface area (Å²) in [5.74, 6) is 7.67. The zero-order valence-corrected chi connectivity index (χ0v) is 9.16. The molecule has 0 amide bonds. The van der Waals surface area contributed by atoms with Crippen LogP contribution in [0.25, 0.3) is 0 Å². The summed E-state index contributed by atoms with van der Waals surface area (Å²) in [7, 11) is 0. The highest BCUT2D eigenvalue weighted by atomic mass is 32.1. The lowest BCUT2D eigenvalue weighted by Gasteiger charge is -2.27. The molecule has 1 rings (SSSR count). The third kappa shape index (κ3) is 2.55. The Balaban J connectivity index is 2.48. The van der Waals surface area contributed by atoms with Gasteiger partial charge in [-0.15, -0.1) is 0 Å². The van der Waals surface area contributed by atoms with Gasteiger partial charge in [0, 0.05) is 13.1 Å². The first-order valence-electron chi connectivity index (χ1n) is 4.44. The fourth-order valence-corrected chi connectivity index (χ4v) is 2.93. The largest absolute Gasteiger partial charge is 0.269 e. The van der Waals surface area contributed by atoms with Gasteiger partial charge in [0.05, 0.1) is 0 Å². The molecular formula is C8H18N2S2. The van der Waals surface area contributed by atoms with E-state index in [9.17, 15) is 0 Å². The maximum atomic E-state index is 5.75. The molecule has 4 heteroatoms. The Morgan fingerprint density at radius 2 is 1.83 bits per heavy atom. The highest BCUT2D eigenvalue weighted by Gasteiger charge is 2.35. The van der Waals surface area contributed by atoms with Crippen molar-refractivity contribution in [2.24, 2.45) is 11.3 Å². The van der Waals surface area contributed by atoms with E-state index in [0.717, 1.165) is 24.6 Å². The molecule has 1 heterocycles. The van der Waals surface area contributed by atoms with Crippen LogP contribution in [0.5, 0.6) is 0 Å². The summed E-state index contributed by atoms with van der Waals surface area (Å²) >= 11 is 8.58. The van der Waals surface area contributed by atoms with Crippen LogP contribution in [0.15, 0.2) is 0 Å². The quantitative estimate of drug-likeness (QED) is 0.476. The number of hydrogen-bond donors (Lipinski definition) is 3. The van der Waals surface area contributed by atoms with E-state index in [-0.39, 0.29) is 0 Å². The molecular weight excluding hydrogens is 188 g/mol. The summed E-state index contributed by atoms with van der Waals surface area (Å²) in [5.41, 5.74) is 0.415. The van der Waals surface area contributed by atoms with Crippen LogP contribution in [0.4, 0.5) is 0 Å². The number of rotatable bonds is 4. The van der Waals surface area contributed by atoms with E-state index >= 15 is 0 Å². The second-order valence-corrected chi connectivity index (χ2v) is 4.56. The fraction of sp³-hybridized carbons (Fsp3) is 1.00. The van der Waals surface area contributed by atoms with Gasteiger partial charge >= 0.3 is 0 Å². The van der Waals surface area contributed by atoms with E-state index < -0.39 is 0 Å². The van der Waals surface area contributed by atoms with Gasteiger partial charge in [0.2, 0.25) is 0 Å². The first-order chi connectivity index (χ1) is 5.72. The predicted molar refractivity (Wildman–Crippen MR) is 59.8 cm³/mol. The molecule has 0 aromatic rings. The van der Waals surface area contributed by atoms with E-state index in [1.54, 1.807) is 0 Å². The lowest BCUT2D eigenvalue weighted by Crippen LogP contribution is -2.32. The molecule has 1 saturated heterocycles. The summed E-state index contributed by atoms with van der Waals surface area (Å²) in [4.78, 5) is 0. The van der Waals surface area contributed by atoms with Crippen LogP contribution in [-0.2, 0) is 0 Å². The summed E-state index contributed by atoms with van der Waals surface area (Å²) < 4.78 is 0. The Bertz CT molecular complexity index is 130. The van der Waals surface area contributed by atoms with Crippen LogP contribution in [0, 0.1) is 5.41 Å². The Morgan fingerprint density at radius 1 is 1.25 bits per heavy atom. The van der Waals surface area contributed by atoms with Crippen molar-refractivity contribution in [2.45, 2.75) is 19.3 Å². The van der Waals surface area contributed by atoms with Gasteiger partial charge in [-0.3, -0.25) is 5.84 Å². The van der Waals surface area contributed by atoms with Crippen LogP contribution in [0.3, 0.4) is 0 Å². The van der Waals surface area contributed by atoms with Crippen molar-refractivity contribution in [2.75, 3.05) is 24.6 Å². The number of hydrazine groups is 1. The Morgan fingerprint density at radius 3 is 2.17 bits per heavy atom. The number of thiol groups is 2. The summed E-state index contributed by atoms with van der Waals surface area (Å²) in [6.45, 7) is 2.05. The van der Waals surface area contributed by atoms with Crippen molar-refractivity contribution in [1.29, 1.82) is 0 Å². The minimum Gasteiger partial charge on any atom is -0.269 e. The van der Waals surface area contributed by atoms with Crippen LogP contribution < -0.4 is 5.84 Å². The molecule has 1 fully saturated rings. The maximum Gasteiger partial charge on any atom is 0.0186 e. The van der Waals surface area contributed by atoms with E-state index in [2.05, 4.69) is 25.3 Å². The molecule has 72 valence electrons. The smallest absolute Gasteiger partial charge is 0.0186 e. The molecule has 0 aromatic carbocycles. The summed E-state index contributed by atoms with van der Waals surface area (Å²) in [6.07, 6.45) is 3.55. The molecule has 2 N–H and O–H groups in total. The fourth-order valence-electron chi connectivity index (χ4n) is 1.98. The van der Waals surface area contributed by atoms with Crippen LogP contribution in [-0.4, -0.2) is 29.6 Å². The summed E-state index contributed by atoms with van der Waals surface area (Å²) in [6, 6.07) is 0. The van der Waals surface area contributed by atoms with Crippen molar-refractivity contribution in [3.05, 3.63) is 0 Å². The lowest BCUT2D eigenvalue weighted by molar-refractivity contribution is 0.248. The molecule has 0 unspecified atom stereocenters. The second-order valence-electron chi connectivity index (χ2n) is 3.67. The minimum atomic E-state index is 0.415. The highest BCUT2D eigenvalue weighted by Crippen LogP contribution is 2.36. The molecule has 0 bridgehead atoms. The van der Waals surface area contributed by atoms with Crippen LogP contribution >= 0.6 is 25.3 Å². The third-order valence-electron chi connectivity index (χ3n) is 2.75. The average Bonchev–Trinajstić information content (AvgIpc) is 2.34. The van der Waals surface area contributed by atoms with Crippen LogP contribution in [0.1, 0.15) is 19.3 Å². The Labute approximate surface area is 85.7 Å². The Hall–Kier alpha value is 0.620. The van der Waals surface area contributed by atoms with Crippen molar-refractivity contribution >= 4 is 25.3 Å². The van der Waals surface area contributed by atoms with Gasteiger partial charge in [-0.2, -0.15) is 25.3 Å². The number of nitrogens with zero attached hydrogens (tertiary/aromatic N) is 1. The third-order valence-corrected chi connectivity index (χ3v) is 3.20. The maximum absolute atomic E-state index is 5.75. The van der Waals surface area contributed by atoms with Gasteiger partial charge < -0.3 is 0 Å². The molecule has 0 aromatic heterocycles. The summed E-state index contributed by atoms with van der Waals surface area (Å²) in [5, 5.41) is 1.92. The first-order valence-corrected chi connectivity index (χ1v) is 5.70. The van der Waals surface area contributed by atoms with Crippen molar-refractivity contribution in [3.63, 3.8) is 0 Å². The highest BCUT2D eigenvalue weighted by molar-refractivity contribution is 7.80. The van der Waals surface area contributed by atoms with Gasteiger partial charge in [-0.25, -0.2) is 5.01 Å². The minimum absolute atomic E-state index is 0.415. The molecule has 0 aliphatic carbocycles. The van der Waals surface area contributed by atoms with E-state index in [1.807, 2.05) is 5.01 Å². The average molecular weight is 206 g/mol. The number of hydrogen-bond acceptors (Lipinski definition) is 4. The molecule has 1 aliphatic rings. The molecule has 1 aliphatic heterocycles. The molecule has 0 atom stereocenters. The van der Waals surface area contributed by atoms with E-state index in [4.69, 9.17) is 5.84 Å². The molecule has 12 heavy (non-hydrogen) atoms. The van der Waals surface area contributed by atoms with Gasteiger partial charge in [0.25, 0.3) is 0 Å². The van der Waals surface area contributed by atoms with Gasteiger partial charge in [0.15, 0.2) is 0 Å². The first kappa shape index (κ1) is 10.7. The monoisotopic (exact) mass is 206 g/mol. The van der Waals surface area contributed by atoms with Gasteiger partial charge in [-0.05, 0) is 36.2 Å². The van der Waals surface area contributed by atoms with Gasteiger partial charge in [0.1, 0.15) is 0 Å². The zero-order chi connectivity index (χ0) is 9.03. The predicted octanol–water partition coefficient (Wildman–Crippen LogP) is 1.19. The zero-order valence-electron chi connectivity index (χ0n) is 7.37. The van der Waals surface area contributed by atoms with E-state index in [0.29, 0.717) is 5.41 Å². The lowest BCUT2D eigenvalue weighted by atomic mass is 9.82. The van der Waals surface area contributed by atoms with Crippen molar-refractivity contribution < 1.29 is 0 Å². The second kappa shape index (κ2) is 4.74. The van der Waals surface area contributed by atoms with Gasteiger partial charge in [-0.1, -0.05) is 0 Å². The normalized spacial score (nSPS) is 23.2. The van der Waals surface area contributed by atoms with Crippen molar-refractivity contribution in [1.82, 2.24) is 5.01 Å². The molecule has 0 spiro atoms. The van der Waals surface area contributed by atoms with E-state index in [1.165, 1.54) is 19.3 Å². The SMILES string of the molecule is NN1CCC(CCS)(CCS)C1. The molecule has 0 saturated carbocycles.